The molecule has 0 N–H and O–H groups in total. The van der Waals surface area contributed by atoms with Gasteiger partial charge in [0.1, 0.15) is 5.82 Å². The molecule has 3 nitrogen and oxygen atoms in total. The number of halogens is 1. The quantitative estimate of drug-likeness (QED) is 0.725. The van der Waals surface area contributed by atoms with Crippen molar-refractivity contribution in [2.45, 2.75) is 13.5 Å². The lowest BCUT2D eigenvalue weighted by atomic mass is 10.2. The zero-order valence-electron chi connectivity index (χ0n) is 9.97. The van der Waals surface area contributed by atoms with Crippen molar-refractivity contribution in [3.05, 3.63) is 58.5 Å². The Morgan fingerprint density at radius 3 is 2.78 bits per heavy atom. The molecule has 3 rings (SSSR count). The number of aryl methyl sites for hydroxylation is 1. The molecule has 0 amide bonds. The smallest absolute Gasteiger partial charge is 0.177 e. The Hall–Kier alpha value is -1.68. The molecule has 3 aromatic rings. The highest BCUT2D eigenvalue weighted by Gasteiger charge is 2.09. The Morgan fingerprint density at radius 1 is 1.22 bits per heavy atom. The van der Waals surface area contributed by atoms with Gasteiger partial charge in [-0.3, -0.25) is 0 Å². The molecule has 0 atom stereocenters. The fraction of sp³-hybridized carbons (Fsp3) is 0.143. The van der Waals surface area contributed by atoms with Crippen molar-refractivity contribution < 1.29 is 0 Å². The number of hydrogen-bond acceptors (Lipinski definition) is 2. The summed E-state index contributed by atoms with van der Waals surface area (Å²) in [5, 5.41) is 0. The first-order chi connectivity index (χ1) is 8.74. The summed E-state index contributed by atoms with van der Waals surface area (Å²) >= 11 is 3.46. The van der Waals surface area contributed by atoms with Crippen LogP contribution in [0.15, 0.2) is 47.1 Å². The predicted octanol–water partition coefficient (Wildman–Crippen LogP) is 3.55. The van der Waals surface area contributed by atoms with Crippen molar-refractivity contribution in [1.82, 2.24) is 14.5 Å². The zero-order valence-corrected chi connectivity index (χ0v) is 11.6. The third-order valence-electron chi connectivity index (χ3n) is 2.95. The predicted molar refractivity (Wildman–Crippen MR) is 75.5 cm³/mol. The summed E-state index contributed by atoms with van der Waals surface area (Å²) in [5.74, 6) is 0.986. The van der Waals surface area contributed by atoms with Crippen molar-refractivity contribution in [2.75, 3.05) is 0 Å². The van der Waals surface area contributed by atoms with Gasteiger partial charge in [0.25, 0.3) is 0 Å². The SMILES string of the molecule is Cc1nc2ncc(Br)cc2n1Cc1ccccc1. The van der Waals surface area contributed by atoms with E-state index in [1.165, 1.54) is 5.56 Å². The van der Waals surface area contributed by atoms with Crippen molar-refractivity contribution in [3.8, 4) is 0 Å². The number of fused-ring (bicyclic) bond motifs is 1. The van der Waals surface area contributed by atoms with E-state index in [2.05, 4.69) is 60.8 Å². The molecule has 0 fully saturated rings. The second kappa shape index (κ2) is 4.53. The third kappa shape index (κ3) is 2.04. The normalized spacial score (nSPS) is 11.0. The number of aromatic nitrogens is 3. The van der Waals surface area contributed by atoms with Crippen molar-refractivity contribution in [1.29, 1.82) is 0 Å². The molecule has 0 spiro atoms. The van der Waals surface area contributed by atoms with Gasteiger partial charge >= 0.3 is 0 Å². The van der Waals surface area contributed by atoms with Gasteiger partial charge in [-0.1, -0.05) is 30.3 Å². The van der Waals surface area contributed by atoms with E-state index in [1.54, 1.807) is 6.20 Å². The van der Waals surface area contributed by atoms with Crippen molar-refractivity contribution in [3.63, 3.8) is 0 Å². The van der Waals surface area contributed by atoms with Crippen LogP contribution in [0, 0.1) is 6.92 Å². The molecular weight excluding hydrogens is 290 g/mol. The van der Waals surface area contributed by atoms with E-state index < -0.39 is 0 Å². The van der Waals surface area contributed by atoms with Crippen LogP contribution in [-0.4, -0.2) is 14.5 Å². The molecule has 0 aliphatic carbocycles. The molecule has 4 heteroatoms. The Labute approximate surface area is 114 Å². The molecule has 2 heterocycles. The summed E-state index contributed by atoms with van der Waals surface area (Å²) < 4.78 is 3.16. The standard InChI is InChI=1S/C14H12BrN3/c1-10-17-14-13(7-12(15)8-16-14)18(10)9-11-5-3-2-4-6-11/h2-8H,9H2,1H3. The molecule has 90 valence electrons. The summed E-state index contributed by atoms with van der Waals surface area (Å²) in [7, 11) is 0. The van der Waals surface area contributed by atoms with E-state index in [4.69, 9.17) is 0 Å². The Bertz CT molecular complexity index is 689. The fourth-order valence-electron chi connectivity index (χ4n) is 2.06. The van der Waals surface area contributed by atoms with Gasteiger partial charge in [-0.25, -0.2) is 9.97 Å². The van der Waals surface area contributed by atoms with Crippen LogP contribution >= 0.6 is 15.9 Å². The first-order valence-corrected chi connectivity index (χ1v) is 6.55. The molecule has 0 aliphatic heterocycles. The number of pyridine rings is 1. The van der Waals surface area contributed by atoms with Crippen LogP contribution in [0.2, 0.25) is 0 Å². The summed E-state index contributed by atoms with van der Waals surface area (Å²) in [6, 6.07) is 12.4. The van der Waals surface area contributed by atoms with Gasteiger partial charge in [-0.15, -0.1) is 0 Å². The van der Waals surface area contributed by atoms with E-state index >= 15 is 0 Å². The minimum atomic E-state index is 0.798. The van der Waals surface area contributed by atoms with Gasteiger partial charge in [0.15, 0.2) is 5.65 Å². The number of hydrogen-bond donors (Lipinski definition) is 0. The third-order valence-corrected chi connectivity index (χ3v) is 3.38. The van der Waals surface area contributed by atoms with Crippen LogP contribution < -0.4 is 0 Å². The molecule has 0 saturated heterocycles. The summed E-state index contributed by atoms with van der Waals surface area (Å²) in [6.07, 6.45) is 1.78. The Morgan fingerprint density at radius 2 is 2.00 bits per heavy atom. The van der Waals surface area contributed by atoms with Gasteiger partial charge in [0, 0.05) is 17.2 Å². The fourth-order valence-corrected chi connectivity index (χ4v) is 2.38. The average molecular weight is 302 g/mol. The van der Waals surface area contributed by atoms with Crippen LogP contribution in [-0.2, 0) is 6.54 Å². The highest BCUT2D eigenvalue weighted by molar-refractivity contribution is 9.10. The first kappa shape index (κ1) is 11.4. The number of benzene rings is 1. The maximum atomic E-state index is 4.48. The average Bonchev–Trinajstić information content (AvgIpc) is 2.67. The molecule has 0 radical (unpaired) electrons. The monoisotopic (exact) mass is 301 g/mol. The maximum absolute atomic E-state index is 4.48. The van der Waals surface area contributed by atoms with Crippen LogP contribution in [0.25, 0.3) is 11.2 Å². The number of nitrogens with zero attached hydrogens (tertiary/aromatic N) is 3. The molecule has 0 bridgehead atoms. The van der Waals surface area contributed by atoms with Crippen LogP contribution in [0.3, 0.4) is 0 Å². The molecule has 18 heavy (non-hydrogen) atoms. The highest BCUT2D eigenvalue weighted by Crippen LogP contribution is 2.19. The van der Waals surface area contributed by atoms with E-state index in [0.717, 1.165) is 28.0 Å². The molecule has 2 aromatic heterocycles. The summed E-state index contributed by atoms with van der Waals surface area (Å²) in [5.41, 5.74) is 3.12. The Balaban J connectivity index is 2.11. The molecule has 0 unspecified atom stereocenters. The maximum Gasteiger partial charge on any atom is 0.177 e. The van der Waals surface area contributed by atoms with E-state index in [1.807, 2.05) is 13.0 Å². The molecule has 0 aliphatic rings. The lowest BCUT2D eigenvalue weighted by Crippen LogP contribution is -2.01. The van der Waals surface area contributed by atoms with Crippen LogP contribution in [0.1, 0.15) is 11.4 Å². The van der Waals surface area contributed by atoms with Gasteiger partial charge in [-0.05, 0) is 34.5 Å². The minimum Gasteiger partial charge on any atom is -0.322 e. The van der Waals surface area contributed by atoms with Crippen molar-refractivity contribution >= 4 is 27.1 Å². The number of imidazole rings is 1. The summed E-state index contributed by atoms with van der Waals surface area (Å²) in [6.45, 7) is 2.83. The van der Waals surface area contributed by atoms with Crippen LogP contribution in [0.5, 0.6) is 0 Å². The van der Waals surface area contributed by atoms with Gasteiger partial charge in [0.2, 0.25) is 0 Å². The first-order valence-electron chi connectivity index (χ1n) is 5.76. The van der Waals surface area contributed by atoms with E-state index in [9.17, 15) is 0 Å². The number of rotatable bonds is 2. The Kier molecular flexibility index (Phi) is 2.88. The van der Waals surface area contributed by atoms with Gasteiger partial charge in [-0.2, -0.15) is 0 Å². The lowest BCUT2D eigenvalue weighted by molar-refractivity contribution is 0.786. The molecular formula is C14H12BrN3. The van der Waals surface area contributed by atoms with E-state index in [0.29, 0.717) is 0 Å². The van der Waals surface area contributed by atoms with E-state index in [-0.39, 0.29) is 0 Å². The molecule has 0 saturated carbocycles. The summed E-state index contributed by atoms with van der Waals surface area (Å²) in [4.78, 5) is 8.81. The topological polar surface area (TPSA) is 30.7 Å². The lowest BCUT2D eigenvalue weighted by Gasteiger charge is -2.06. The van der Waals surface area contributed by atoms with Crippen LogP contribution in [0.4, 0.5) is 0 Å². The zero-order chi connectivity index (χ0) is 12.5. The van der Waals surface area contributed by atoms with Gasteiger partial charge < -0.3 is 4.57 Å². The van der Waals surface area contributed by atoms with Crippen molar-refractivity contribution in [2.24, 2.45) is 0 Å². The van der Waals surface area contributed by atoms with Gasteiger partial charge in [0.05, 0.1) is 5.52 Å². The molecule has 1 aromatic carbocycles. The second-order valence-electron chi connectivity index (χ2n) is 4.23. The largest absolute Gasteiger partial charge is 0.322 e. The second-order valence-corrected chi connectivity index (χ2v) is 5.14. The highest BCUT2D eigenvalue weighted by atomic mass is 79.9. The minimum absolute atomic E-state index is 0.798.